The monoisotopic (exact) mass is 425 g/mol. The van der Waals surface area contributed by atoms with Gasteiger partial charge in [-0.1, -0.05) is 30.4 Å². The molecule has 2 fully saturated rings. The van der Waals surface area contributed by atoms with Crippen molar-refractivity contribution < 1.29 is 23.8 Å². The van der Waals surface area contributed by atoms with Crippen LogP contribution in [0.5, 0.6) is 5.75 Å². The first-order chi connectivity index (χ1) is 14.9. The number of esters is 1. The van der Waals surface area contributed by atoms with Crippen LogP contribution in [0.1, 0.15) is 44.6 Å². The molecule has 4 atom stereocenters. The highest BCUT2D eigenvalue weighted by atomic mass is 16.6. The van der Waals surface area contributed by atoms with Crippen LogP contribution < -0.4 is 10.1 Å². The molecule has 1 aromatic rings. The normalized spacial score (nSPS) is 31.5. The van der Waals surface area contributed by atoms with Gasteiger partial charge in [-0.15, -0.1) is 0 Å². The minimum atomic E-state index is -0.301. The lowest BCUT2D eigenvalue weighted by Gasteiger charge is -2.20. The average Bonchev–Trinajstić information content (AvgIpc) is 3.36. The molecule has 1 N–H and O–H groups in total. The summed E-state index contributed by atoms with van der Waals surface area (Å²) in [7, 11) is 1.64. The fraction of sp³-hybridized carbons (Fsp3) is 0.520. The number of carbonyl (C=O) groups excluding carboxylic acids is 2. The molecule has 1 amide bonds. The molecule has 2 aliphatic heterocycles. The lowest BCUT2D eigenvalue weighted by Crippen LogP contribution is -2.30. The van der Waals surface area contributed by atoms with E-state index in [1.807, 2.05) is 24.3 Å². The lowest BCUT2D eigenvalue weighted by atomic mass is 9.84. The van der Waals surface area contributed by atoms with E-state index in [2.05, 4.69) is 24.9 Å². The molecule has 0 aromatic heterocycles. The Hall–Kier alpha value is -2.60. The maximum absolute atomic E-state index is 12.4. The SMILES string of the molecule is C=C1C(=O)O[C@H]2[C@H]1CC/C(CNC(=O)CCc1ccc(OC)cc1)=C\CC[C@@]1(C)O[C@@H]21. The van der Waals surface area contributed by atoms with Crippen LogP contribution in [0.2, 0.25) is 0 Å². The number of nitrogens with one attached hydrogen (secondary N) is 1. The molecule has 31 heavy (non-hydrogen) atoms. The van der Waals surface area contributed by atoms with Crippen LogP contribution in [0.25, 0.3) is 0 Å². The topological polar surface area (TPSA) is 77.2 Å². The standard InChI is InChI=1S/C25H31NO5/c1-16-20-12-8-18(5-4-14-25(2)23(31-25)22(20)30-24(16)28)15-26-21(27)13-9-17-6-10-19(29-3)11-7-17/h5-7,10-11,20,22-23H,1,4,8-9,12-15H2,2-3H3,(H,26,27)/b18-5+/t20-,22-,23-,25+/m0/s1. The number of hydrogen-bond acceptors (Lipinski definition) is 5. The third-order valence-corrected chi connectivity index (χ3v) is 6.75. The fourth-order valence-corrected chi connectivity index (χ4v) is 4.63. The number of fused-ring (bicyclic) bond motifs is 3. The van der Waals surface area contributed by atoms with Crippen LogP contribution in [0.4, 0.5) is 0 Å². The van der Waals surface area contributed by atoms with Crippen molar-refractivity contribution in [1.82, 2.24) is 5.32 Å². The first-order valence-corrected chi connectivity index (χ1v) is 11.0. The van der Waals surface area contributed by atoms with Gasteiger partial charge in [0.15, 0.2) is 0 Å². The van der Waals surface area contributed by atoms with Crippen LogP contribution in [-0.4, -0.2) is 43.3 Å². The predicted octanol–water partition coefficient (Wildman–Crippen LogP) is 3.50. The summed E-state index contributed by atoms with van der Waals surface area (Å²) in [6, 6.07) is 7.78. The van der Waals surface area contributed by atoms with Crippen LogP contribution in [0.3, 0.4) is 0 Å². The highest BCUT2D eigenvalue weighted by molar-refractivity contribution is 5.91. The zero-order valence-corrected chi connectivity index (χ0v) is 18.3. The Morgan fingerprint density at radius 3 is 2.84 bits per heavy atom. The van der Waals surface area contributed by atoms with Crippen molar-refractivity contribution in [2.45, 2.75) is 63.3 Å². The summed E-state index contributed by atoms with van der Waals surface area (Å²) in [6.45, 7) is 6.57. The van der Waals surface area contributed by atoms with Crippen molar-refractivity contribution in [3.05, 3.63) is 53.6 Å². The number of aryl methyl sites for hydroxylation is 1. The number of amides is 1. The first-order valence-electron chi connectivity index (χ1n) is 11.0. The Kier molecular flexibility index (Phi) is 6.19. The van der Waals surface area contributed by atoms with E-state index in [1.165, 1.54) is 5.57 Å². The molecule has 3 aliphatic rings. The van der Waals surface area contributed by atoms with Crippen LogP contribution in [-0.2, 0) is 25.5 Å². The van der Waals surface area contributed by atoms with Gasteiger partial charge in [-0.25, -0.2) is 4.79 Å². The second-order valence-corrected chi connectivity index (χ2v) is 8.92. The molecular formula is C25H31NO5. The van der Waals surface area contributed by atoms with E-state index in [9.17, 15) is 9.59 Å². The van der Waals surface area contributed by atoms with Gasteiger partial charge >= 0.3 is 5.97 Å². The molecule has 0 unspecified atom stereocenters. The molecule has 1 aliphatic carbocycles. The molecule has 0 radical (unpaired) electrons. The summed E-state index contributed by atoms with van der Waals surface area (Å²) in [5.41, 5.74) is 2.60. The van der Waals surface area contributed by atoms with Gasteiger partial charge in [-0.2, -0.15) is 0 Å². The quantitative estimate of drug-likeness (QED) is 0.327. The molecule has 166 valence electrons. The minimum absolute atomic E-state index is 0.0217. The van der Waals surface area contributed by atoms with Gasteiger partial charge in [-0.05, 0) is 56.7 Å². The number of ether oxygens (including phenoxy) is 3. The molecule has 2 heterocycles. The maximum Gasteiger partial charge on any atom is 0.334 e. The zero-order valence-electron chi connectivity index (χ0n) is 18.3. The number of benzene rings is 1. The van der Waals surface area contributed by atoms with Gasteiger partial charge in [0.1, 0.15) is 18.0 Å². The minimum Gasteiger partial charge on any atom is -0.497 e. The molecule has 2 saturated heterocycles. The van der Waals surface area contributed by atoms with Crippen LogP contribution in [0, 0.1) is 5.92 Å². The molecule has 6 heteroatoms. The van der Waals surface area contributed by atoms with Gasteiger partial charge in [-0.3, -0.25) is 4.79 Å². The smallest absolute Gasteiger partial charge is 0.334 e. The number of rotatable bonds is 6. The number of allylic oxidation sites excluding steroid dienone is 1. The summed E-state index contributed by atoms with van der Waals surface area (Å²) in [6.07, 6.45) is 6.42. The highest BCUT2D eigenvalue weighted by Gasteiger charge is 2.61. The van der Waals surface area contributed by atoms with E-state index in [4.69, 9.17) is 14.2 Å². The van der Waals surface area contributed by atoms with E-state index in [0.29, 0.717) is 25.0 Å². The molecule has 1 aromatic carbocycles. The van der Waals surface area contributed by atoms with Crippen LogP contribution in [0.15, 0.2) is 48.1 Å². The van der Waals surface area contributed by atoms with Crippen molar-refractivity contribution in [3.63, 3.8) is 0 Å². The van der Waals surface area contributed by atoms with Gasteiger partial charge in [0.05, 0.1) is 12.7 Å². The van der Waals surface area contributed by atoms with Crippen molar-refractivity contribution in [2.75, 3.05) is 13.7 Å². The van der Waals surface area contributed by atoms with Gasteiger partial charge < -0.3 is 19.5 Å². The average molecular weight is 426 g/mol. The first kappa shape index (κ1) is 21.6. The van der Waals surface area contributed by atoms with E-state index < -0.39 is 0 Å². The predicted molar refractivity (Wildman–Crippen MR) is 117 cm³/mol. The Morgan fingerprint density at radius 1 is 1.32 bits per heavy atom. The van der Waals surface area contributed by atoms with Crippen molar-refractivity contribution in [1.29, 1.82) is 0 Å². The van der Waals surface area contributed by atoms with E-state index in [-0.39, 0.29) is 35.6 Å². The second kappa shape index (κ2) is 8.87. The van der Waals surface area contributed by atoms with Crippen molar-refractivity contribution in [3.8, 4) is 5.75 Å². The summed E-state index contributed by atoms with van der Waals surface area (Å²) < 4.78 is 16.7. The fourth-order valence-electron chi connectivity index (χ4n) is 4.63. The molecular weight excluding hydrogens is 394 g/mol. The zero-order chi connectivity index (χ0) is 22.0. The van der Waals surface area contributed by atoms with Crippen molar-refractivity contribution in [2.24, 2.45) is 5.92 Å². The van der Waals surface area contributed by atoms with E-state index in [1.54, 1.807) is 7.11 Å². The Morgan fingerprint density at radius 2 is 2.10 bits per heavy atom. The van der Waals surface area contributed by atoms with Crippen molar-refractivity contribution >= 4 is 11.9 Å². The molecule has 0 saturated carbocycles. The van der Waals surface area contributed by atoms with E-state index >= 15 is 0 Å². The number of hydrogen-bond donors (Lipinski definition) is 1. The van der Waals surface area contributed by atoms with Gasteiger partial charge in [0.2, 0.25) is 5.91 Å². The largest absolute Gasteiger partial charge is 0.497 e. The highest BCUT2D eigenvalue weighted by Crippen LogP contribution is 2.49. The van der Waals surface area contributed by atoms with Crippen LogP contribution >= 0.6 is 0 Å². The van der Waals surface area contributed by atoms with Gasteiger partial charge in [0, 0.05) is 24.5 Å². The third kappa shape index (κ3) is 4.85. The summed E-state index contributed by atoms with van der Waals surface area (Å²) in [5.74, 6) is 0.524. The molecule has 0 bridgehead atoms. The molecule has 0 spiro atoms. The summed E-state index contributed by atoms with van der Waals surface area (Å²) in [4.78, 5) is 24.5. The maximum atomic E-state index is 12.4. The third-order valence-electron chi connectivity index (χ3n) is 6.75. The molecule has 6 nitrogen and oxygen atoms in total. The Balaban J connectivity index is 1.31. The molecule has 4 rings (SSSR count). The summed E-state index contributed by atoms with van der Waals surface area (Å²) in [5, 5.41) is 3.06. The number of methoxy groups -OCH3 is 1. The second-order valence-electron chi connectivity index (χ2n) is 8.92. The number of epoxide rings is 1. The van der Waals surface area contributed by atoms with Gasteiger partial charge in [0.25, 0.3) is 0 Å². The lowest BCUT2D eigenvalue weighted by molar-refractivity contribution is -0.140. The Bertz CT molecular complexity index is 890. The van der Waals surface area contributed by atoms with E-state index in [0.717, 1.165) is 37.0 Å². The number of carbonyl (C=O) groups is 2. The summed E-state index contributed by atoms with van der Waals surface area (Å²) >= 11 is 0. The Labute approximate surface area is 183 Å².